The molecule has 0 unspecified atom stereocenters. The van der Waals surface area contributed by atoms with Crippen LogP contribution in [0.3, 0.4) is 0 Å². The van der Waals surface area contributed by atoms with Gasteiger partial charge in [-0.2, -0.15) is 0 Å². The van der Waals surface area contributed by atoms with Gasteiger partial charge in [-0.05, 0) is 22.0 Å². The summed E-state index contributed by atoms with van der Waals surface area (Å²) >= 11 is 3.40. The minimum Gasteiger partial charge on any atom is -0.489 e. The lowest BCUT2D eigenvalue weighted by Gasteiger charge is -2.12. The number of nitrogens with one attached hydrogen (secondary N) is 1. The molecule has 96 valence electrons. The summed E-state index contributed by atoms with van der Waals surface area (Å²) in [5, 5.41) is 3.23. The number of hydrogen-bond acceptors (Lipinski definition) is 3. The van der Waals surface area contributed by atoms with E-state index in [0.717, 1.165) is 16.6 Å². The van der Waals surface area contributed by atoms with E-state index in [0.29, 0.717) is 18.9 Å². The molecule has 1 rings (SSSR count). The quantitative estimate of drug-likeness (QED) is 0.749. The third kappa shape index (κ3) is 5.02. The van der Waals surface area contributed by atoms with E-state index in [1.54, 1.807) is 7.11 Å². The molecule has 0 heterocycles. The van der Waals surface area contributed by atoms with E-state index in [-0.39, 0.29) is 6.61 Å². The van der Waals surface area contributed by atoms with Gasteiger partial charge in [0.25, 0.3) is 0 Å². The van der Waals surface area contributed by atoms with Crippen molar-refractivity contribution in [3.63, 3.8) is 0 Å². The zero-order chi connectivity index (χ0) is 12.5. The first kappa shape index (κ1) is 14.4. The maximum atomic E-state index is 12.1. The van der Waals surface area contributed by atoms with Crippen molar-refractivity contribution >= 4 is 15.9 Å². The lowest BCUT2D eigenvalue weighted by Crippen LogP contribution is -2.19. The number of benzene rings is 1. The zero-order valence-electron chi connectivity index (χ0n) is 9.84. The van der Waals surface area contributed by atoms with Crippen molar-refractivity contribution in [3.05, 3.63) is 28.2 Å². The molecule has 0 saturated carbocycles. The van der Waals surface area contributed by atoms with E-state index < -0.39 is 6.67 Å². The van der Waals surface area contributed by atoms with Gasteiger partial charge in [0.15, 0.2) is 0 Å². The number of hydrogen-bond donors (Lipinski definition) is 1. The second-order valence-corrected chi connectivity index (χ2v) is 4.29. The molecule has 0 amide bonds. The van der Waals surface area contributed by atoms with Crippen molar-refractivity contribution in [2.45, 2.75) is 6.54 Å². The average Bonchev–Trinajstić information content (AvgIpc) is 2.34. The number of para-hydroxylation sites is 1. The van der Waals surface area contributed by atoms with Crippen molar-refractivity contribution in [3.8, 4) is 5.75 Å². The fourth-order valence-electron chi connectivity index (χ4n) is 1.39. The highest BCUT2D eigenvalue weighted by molar-refractivity contribution is 9.10. The van der Waals surface area contributed by atoms with Crippen LogP contribution in [0.1, 0.15) is 5.56 Å². The van der Waals surface area contributed by atoms with Gasteiger partial charge in [0.05, 0.1) is 11.1 Å². The SMILES string of the molecule is COCCNCc1cccc(Br)c1OCCF. The molecule has 3 nitrogen and oxygen atoms in total. The van der Waals surface area contributed by atoms with Crippen LogP contribution in [0.4, 0.5) is 4.39 Å². The molecule has 0 aliphatic heterocycles. The first-order valence-electron chi connectivity index (χ1n) is 5.45. The van der Waals surface area contributed by atoms with E-state index >= 15 is 0 Å². The number of ether oxygens (including phenoxy) is 2. The molecule has 0 aromatic heterocycles. The normalized spacial score (nSPS) is 10.5. The second-order valence-electron chi connectivity index (χ2n) is 3.44. The van der Waals surface area contributed by atoms with Crippen LogP contribution in [-0.2, 0) is 11.3 Å². The maximum Gasteiger partial charge on any atom is 0.138 e. The smallest absolute Gasteiger partial charge is 0.138 e. The summed E-state index contributed by atoms with van der Waals surface area (Å²) in [6, 6.07) is 5.77. The fourth-order valence-corrected chi connectivity index (χ4v) is 1.91. The topological polar surface area (TPSA) is 30.5 Å². The molecule has 0 saturated heterocycles. The van der Waals surface area contributed by atoms with Crippen molar-refractivity contribution in [2.75, 3.05) is 33.5 Å². The number of methoxy groups -OCH3 is 1. The Bertz CT molecular complexity index is 336. The van der Waals surface area contributed by atoms with Crippen LogP contribution in [0.5, 0.6) is 5.75 Å². The van der Waals surface area contributed by atoms with Gasteiger partial charge in [0.1, 0.15) is 19.0 Å². The summed E-state index contributed by atoms with van der Waals surface area (Å²) in [4.78, 5) is 0. The Morgan fingerprint density at radius 3 is 2.88 bits per heavy atom. The Morgan fingerprint density at radius 1 is 1.35 bits per heavy atom. The molecular formula is C12H17BrFNO2. The lowest BCUT2D eigenvalue weighted by atomic mass is 10.2. The molecule has 17 heavy (non-hydrogen) atoms. The molecule has 0 atom stereocenters. The molecule has 0 aliphatic carbocycles. The molecule has 0 spiro atoms. The van der Waals surface area contributed by atoms with Gasteiger partial charge in [-0.3, -0.25) is 0 Å². The van der Waals surface area contributed by atoms with Gasteiger partial charge in [-0.1, -0.05) is 12.1 Å². The van der Waals surface area contributed by atoms with E-state index in [4.69, 9.17) is 9.47 Å². The van der Waals surface area contributed by atoms with Gasteiger partial charge >= 0.3 is 0 Å². The van der Waals surface area contributed by atoms with E-state index in [1.165, 1.54) is 0 Å². The third-order valence-electron chi connectivity index (χ3n) is 2.17. The number of alkyl halides is 1. The van der Waals surface area contributed by atoms with Crippen molar-refractivity contribution in [2.24, 2.45) is 0 Å². The first-order chi connectivity index (χ1) is 8.29. The van der Waals surface area contributed by atoms with E-state index in [2.05, 4.69) is 21.2 Å². The molecule has 0 fully saturated rings. The Kier molecular flexibility index (Phi) is 7.16. The second kappa shape index (κ2) is 8.44. The summed E-state index contributed by atoms with van der Waals surface area (Å²) < 4.78 is 23.3. The predicted molar refractivity (Wildman–Crippen MR) is 69.2 cm³/mol. The van der Waals surface area contributed by atoms with Crippen LogP contribution in [0.15, 0.2) is 22.7 Å². The van der Waals surface area contributed by atoms with Crippen molar-refractivity contribution in [1.82, 2.24) is 5.32 Å². The minimum atomic E-state index is -0.488. The Balaban J connectivity index is 2.59. The first-order valence-corrected chi connectivity index (χ1v) is 6.24. The standard InChI is InChI=1S/C12H17BrFNO2/c1-16-8-6-15-9-10-3-2-4-11(13)12(10)17-7-5-14/h2-4,15H,5-9H2,1H3. The highest BCUT2D eigenvalue weighted by Crippen LogP contribution is 2.28. The summed E-state index contributed by atoms with van der Waals surface area (Å²) in [6.45, 7) is 1.69. The number of rotatable bonds is 8. The van der Waals surface area contributed by atoms with Crippen LogP contribution >= 0.6 is 15.9 Å². The summed E-state index contributed by atoms with van der Waals surface area (Å²) in [5.41, 5.74) is 1.00. The van der Waals surface area contributed by atoms with Crippen LogP contribution in [0.2, 0.25) is 0 Å². The van der Waals surface area contributed by atoms with Gasteiger partial charge in [0, 0.05) is 25.8 Å². The summed E-state index contributed by atoms with van der Waals surface area (Å²) in [7, 11) is 1.66. The highest BCUT2D eigenvalue weighted by Gasteiger charge is 2.07. The molecule has 1 aromatic rings. The maximum absolute atomic E-state index is 12.1. The molecule has 1 aromatic carbocycles. The predicted octanol–water partition coefficient (Wildman–Crippen LogP) is 2.53. The van der Waals surface area contributed by atoms with Gasteiger partial charge in [-0.25, -0.2) is 4.39 Å². The average molecular weight is 306 g/mol. The fraction of sp³-hybridized carbons (Fsp3) is 0.500. The molecule has 0 radical (unpaired) electrons. The van der Waals surface area contributed by atoms with Crippen LogP contribution in [0, 0.1) is 0 Å². The monoisotopic (exact) mass is 305 g/mol. The van der Waals surface area contributed by atoms with Crippen LogP contribution in [-0.4, -0.2) is 33.5 Å². The molecule has 0 aliphatic rings. The van der Waals surface area contributed by atoms with Crippen LogP contribution < -0.4 is 10.1 Å². The van der Waals surface area contributed by atoms with Crippen molar-refractivity contribution in [1.29, 1.82) is 0 Å². The molecule has 5 heteroatoms. The Hall–Kier alpha value is -0.650. The Morgan fingerprint density at radius 2 is 2.18 bits per heavy atom. The summed E-state index contributed by atoms with van der Waals surface area (Å²) in [6.07, 6.45) is 0. The molecule has 0 bridgehead atoms. The van der Waals surface area contributed by atoms with Crippen LogP contribution in [0.25, 0.3) is 0 Å². The number of halogens is 2. The van der Waals surface area contributed by atoms with E-state index in [1.807, 2.05) is 18.2 Å². The largest absolute Gasteiger partial charge is 0.489 e. The van der Waals surface area contributed by atoms with Crippen molar-refractivity contribution < 1.29 is 13.9 Å². The van der Waals surface area contributed by atoms with E-state index in [9.17, 15) is 4.39 Å². The molecule has 1 N–H and O–H groups in total. The third-order valence-corrected chi connectivity index (χ3v) is 2.79. The summed E-state index contributed by atoms with van der Waals surface area (Å²) in [5.74, 6) is 0.704. The van der Waals surface area contributed by atoms with Gasteiger partial charge in [0.2, 0.25) is 0 Å². The minimum absolute atomic E-state index is 0.0771. The lowest BCUT2D eigenvalue weighted by molar-refractivity contribution is 0.199. The zero-order valence-corrected chi connectivity index (χ0v) is 11.4. The Labute approximate surface area is 109 Å². The highest BCUT2D eigenvalue weighted by atomic mass is 79.9. The molecular weight excluding hydrogens is 289 g/mol. The van der Waals surface area contributed by atoms with Gasteiger partial charge < -0.3 is 14.8 Å². The van der Waals surface area contributed by atoms with Gasteiger partial charge in [-0.15, -0.1) is 0 Å².